The molecule has 3 unspecified atom stereocenters. The van der Waals surface area contributed by atoms with Crippen molar-refractivity contribution in [3.63, 3.8) is 0 Å². The molecule has 0 aromatic carbocycles. The van der Waals surface area contributed by atoms with Crippen molar-refractivity contribution >= 4 is 5.97 Å². The maximum Gasteiger partial charge on any atom is 0.320 e. The van der Waals surface area contributed by atoms with Gasteiger partial charge >= 0.3 is 5.97 Å². The SMILES string of the molecule is Cn1cc(CN2C(C(=O)O)CC3CCCCC32)nn1. The van der Waals surface area contributed by atoms with Crippen molar-refractivity contribution in [1.82, 2.24) is 19.9 Å². The number of carbonyl (C=O) groups is 1. The van der Waals surface area contributed by atoms with Crippen LogP contribution in [0.3, 0.4) is 0 Å². The zero-order valence-electron chi connectivity index (χ0n) is 11.2. The number of likely N-dealkylation sites (tertiary alicyclic amines) is 1. The van der Waals surface area contributed by atoms with Crippen LogP contribution in [-0.2, 0) is 18.4 Å². The first-order chi connectivity index (χ1) is 9.15. The Bertz CT molecular complexity index is 473. The van der Waals surface area contributed by atoms with E-state index in [4.69, 9.17) is 0 Å². The van der Waals surface area contributed by atoms with Crippen molar-refractivity contribution < 1.29 is 9.90 Å². The van der Waals surface area contributed by atoms with Gasteiger partial charge in [0.15, 0.2) is 0 Å². The number of carboxylic acids is 1. The highest BCUT2D eigenvalue weighted by molar-refractivity contribution is 5.74. The van der Waals surface area contributed by atoms with Gasteiger partial charge < -0.3 is 5.11 Å². The Kier molecular flexibility index (Phi) is 3.26. The van der Waals surface area contributed by atoms with E-state index in [-0.39, 0.29) is 6.04 Å². The van der Waals surface area contributed by atoms with E-state index in [2.05, 4.69) is 15.2 Å². The average Bonchev–Trinajstić information content (AvgIpc) is 2.95. The largest absolute Gasteiger partial charge is 0.480 e. The van der Waals surface area contributed by atoms with E-state index in [0.717, 1.165) is 18.5 Å². The summed E-state index contributed by atoms with van der Waals surface area (Å²) in [5.74, 6) is -0.148. The summed E-state index contributed by atoms with van der Waals surface area (Å²) in [6.07, 6.45) is 7.41. The summed E-state index contributed by atoms with van der Waals surface area (Å²) >= 11 is 0. The molecule has 1 saturated heterocycles. The van der Waals surface area contributed by atoms with E-state index in [9.17, 15) is 9.90 Å². The van der Waals surface area contributed by atoms with Crippen molar-refractivity contribution in [1.29, 1.82) is 0 Å². The van der Waals surface area contributed by atoms with Crippen molar-refractivity contribution in [2.75, 3.05) is 0 Å². The molecule has 6 heteroatoms. The fourth-order valence-corrected chi connectivity index (χ4v) is 3.68. The molecule has 2 heterocycles. The summed E-state index contributed by atoms with van der Waals surface area (Å²) in [4.78, 5) is 13.6. The van der Waals surface area contributed by atoms with E-state index in [1.807, 2.05) is 13.2 Å². The molecule has 2 fully saturated rings. The van der Waals surface area contributed by atoms with Gasteiger partial charge in [0, 0.05) is 25.8 Å². The molecule has 104 valence electrons. The first-order valence-corrected chi connectivity index (χ1v) is 6.99. The van der Waals surface area contributed by atoms with Gasteiger partial charge in [-0.2, -0.15) is 0 Å². The summed E-state index contributed by atoms with van der Waals surface area (Å²) in [7, 11) is 1.83. The lowest BCUT2D eigenvalue weighted by atomic mass is 9.85. The highest BCUT2D eigenvalue weighted by Gasteiger charge is 2.45. The second kappa shape index (κ2) is 4.92. The Morgan fingerprint density at radius 3 is 2.95 bits per heavy atom. The first kappa shape index (κ1) is 12.6. The monoisotopic (exact) mass is 264 g/mol. The molecule has 1 aromatic rings. The number of aromatic nitrogens is 3. The van der Waals surface area contributed by atoms with Gasteiger partial charge in [-0.3, -0.25) is 14.4 Å². The molecule has 0 spiro atoms. The molecule has 2 aliphatic rings. The van der Waals surface area contributed by atoms with E-state index in [0.29, 0.717) is 18.5 Å². The summed E-state index contributed by atoms with van der Waals surface area (Å²) < 4.78 is 1.67. The van der Waals surface area contributed by atoms with E-state index >= 15 is 0 Å². The summed E-state index contributed by atoms with van der Waals surface area (Å²) in [5, 5.41) is 17.4. The maximum absolute atomic E-state index is 11.5. The Hall–Kier alpha value is -1.43. The molecule has 1 aliphatic heterocycles. The van der Waals surface area contributed by atoms with Crippen molar-refractivity contribution in [2.45, 2.75) is 50.7 Å². The predicted octanol–water partition coefficient (Wildman–Crippen LogP) is 1.03. The molecule has 3 atom stereocenters. The van der Waals surface area contributed by atoms with E-state index < -0.39 is 5.97 Å². The van der Waals surface area contributed by atoms with Crippen LogP contribution in [0.4, 0.5) is 0 Å². The van der Waals surface area contributed by atoms with Crippen molar-refractivity contribution in [3.05, 3.63) is 11.9 Å². The van der Waals surface area contributed by atoms with Gasteiger partial charge in [0.25, 0.3) is 0 Å². The van der Waals surface area contributed by atoms with Gasteiger partial charge in [0.1, 0.15) is 6.04 Å². The second-order valence-electron chi connectivity index (χ2n) is 5.76. The lowest BCUT2D eigenvalue weighted by Gasteiger charge is -2.32. The summed E-state index contributed by atoms with van der Waals surface area (Å²) in [6, 6.07) is 0.0620. The van der Waals surface area contributed by atoms with Crippen LogP contribution in [0, 0.1) is 5.92 Å². The van der Waals surface area contributed by atoms with Crippen LogP contribution < -0.4 is 0 Å². The highest BCUT2D eigenvalue weighted by Crippen LogP contribution is 2.40. The fourth-order valence-electron chi connectivity index (χ4n) is 3.68. The van der Waals surface area contributed by atoms with Crippen LogP contribution in [0.15, 0.2) is 6.20 Å². The normalized spacial score (nSPS) is 31.3. The fraction of sp³-hybridized carbons (Fsp3) is 0.769. The van der Waals surface area contributed by atoms with Crippen molar-refractivity contribution in [3.8, 4) is 0 Å². The lowest BCUT2D eigenvalue weighted by Crippen LogP contribution is -2.41. The van der Waals surface area contributed by atoms with Gasteiger partial charge in [-0.25, -0.2) is 0 Å². The number of hydrogen-bond acceptors (Lipinski definition) is 4. The minimum absolute atomic E-state index is 0.352. The Labute approximate surface area is 112 Å². The Morgan fingerprint density at radius 1 is 1.47 bits per heavy atom. The third-order valence-electron chi connectivity index (χ3n) is 4.50. The third-order valence-corrected chi connectivity index (χ3v) is 4.50. The van der Waals surface area contributed by atoms with Gasteiger partial charge in [-0.1, -0.05) is 18.1 Å². The molecule has 1 aliphatic carbocycles. The van der Waals surface area contributed by atoms with Crippen LogP contribution in [0.5, 0.6) is 0 Å². The molecular weight excluding hydrogens is 244 g/mol. The number of hydrogen-bond donors (Lipinski definition) is 1. The minimum atomic E-state index is -0.696. The molecule has 1 saturated carbocycles. The summed E-state index contributed by atoms with van der Waals surface area (Å²) in [5.41, 5.74) is 0.861. The molecule has 19 heavy (non-hydrogen) atoms. The minimum Gasteiger partial charge on any atom is -0.480 e. The molecular formula is C13H20N4O2. The molecule has 6 nitrogen and oxygen atoms in total. The molecule has 1 aromatic heterocycles. The number of aryl methyl sites for hydroxylation is 1. The van der Waals surface area contributed by atoms with Crippen LogP contribution in [0.1, 0.15) is 37.8 Å². The molecule has 0 radical (unpaired) electrons. The Balaban J connectivity index is 1.80. The topological polar surface area (TPSA) is 71.2 Å². The number of aliphatic carboxylic acids is 1. The number of rotatable bonds is 3. The van der Waals surface area contributed by atoms with Gasteiger partial charge in [-0.05, 0) is 25.2 Å². The maximum atomic E-state index is 11.5. The smallest absolute Gasteiger partial charge is 0.320 e. The molecule has 0 bridgehead atoms. The van der Waals surface area contributed by atoms with Gasteiger partial charge in [-0.15, -0.1) is 5.10 Å². The molecule has 0 amide bonds. The molecule has 1 N–H and O–H groups in total. The van der Waals surface area contributed by atoms with Crippen LogP contribution >= 0.6 is 0 Å². The lowest BCUT2D eigenvalue weighted by molar-refractivity contribution is -0.142. The van der Waals surface area contributed by atoms with Crippen LogP contribution in [-0.4, -0.2) is 43.1 Å². The van der Waals surface area contributed by atoms with E-state index in [1.165, 1.54) is 19.3 Å². The van der Waals surface area contributed by atoms with Crippen LogP contribution in [0.25, 0.3) is 0 Å². The highest BCUT2D eigenvalue weighted by atomic mass is 16.4. The summed E-state index contributed by atoms with van der Waals surface area (Å²) in [6.45, 7) is 0.603. The van der Waals surface area contributed by atoms with Crippen LogP contribution in [0.2, 0.25) is 0 Å². The van der Waals surface area contributed by atoms with E-state index in [1.54, 1.807) is 4.68 Å². The van der Waals surface area contributed by atoms with Gasteiger partial charge in [0.2, 0.25) is 0 Å². The van der Waals surface area contributed by atoms with Crippen molar-refractivity contribution in [2.24, 2.45) is 13.0 Å². The number of nitrogens with zero attached hydrogens (tertiary/aromatic N) is 4. The van der Waals surface area contributed by atoms with Gasteiger partial charge in [0.05, 0.1) is 5.69 Å². The number of carboxylic acid groups (broad SMARTS) is 1. The standard InChI is InChI=1S/C13H20N4O2/c1-16-7-10(14-15-16)8-17-11-5-3-2-4-9(11)6-12(17)13(18)19/h7,9,11-12H,2-6,8H2,1H3,(H,18,19). The number of fused-ring (bicyclic) bond motifs is 1. The second-order valence-corrected chi connectivity index (χ2v) is 5.76. The molecule has 3 rings (SSSR count). The quantitative estimate of drug-likeness (QED) is 0.883. The average molecular weight is 264 g/mol. The Morgan fingerprint density at radius 2 is 2.26 bits per heavy atom. The third kappa shape index (κ3) is 2.36. The zero-order chi connectivity index (χ0) is 13.4. The predicted molar refractivity (Wildman–Crippen MR) is 68.3 cm³/mol. The zero-order valence-corrected chi connectivity index (χ0v) is 11.2. The first-order valence-electron chi connectivity index (χ1n) is 6.99.